The highest BCUT2D eigenvalue weighted by atomic mass is 16.2. The largest absolute Gasteiger partial charge is 0.324 e. The van der Waals surface area contributed by atoms with E-state index in [2.05, 4.69) is 11.9 Å². The van der Waals surface area contributed by atoms with Crippen molar-refractivity contribution in [2.75, 3.05) is 5.32 Å². The Balaban J connectivity index is 2.26. The molecule has 0 bridgehead atoms. The summed E-state index contributed by atoms with van der Waals surface area (Å²) in [4.78, 5) is 11.9. The zero-order valence-corrected chi connectivity index (χ0v) is 10.1. The van der Waals surface area contributed by atoms with Crippen LogP contribution in [0.25, 0.3) is 10.8 Å². The van der Waals surface area contributed by atoms with Crippen molar-refractivity contribution < 1.29 is 4.79 Å². The molecule has 1 amide bonds. The van der Waals surface area contributed by atoms with E-state index < -0.39 is 6.04 Å². The molecule has 0 saturated heterocycles. The van der Waals surface area contributed by atoms with E-state index in [-0.39, 0.29) is 5.91 Å². The lowest BCUT2D eigenvalue weighted by atomic mass is 10.1. The first kappa shape index (κ1) is 12.3. The minimum atomic E-state index is -0.554. The molecule has 3 N–H and O–H groups in total. The Morgan fingerprint density at radius 3 is 2.78 bits per heavy atom. The van der Waals surface area contributed by atoms with Gasteiger partial charge < -0.3 is 11.1 Å². The Kier molecular flexibility index (Phi) is 3.75. The topological polar surface area (TPSA) is 55.1 Å². The lowest BCUT2D eigenvalue weighted by molar-refractivity contribution is -0.117. The van der Waals surface area contributed by atoms with Crippen LogP contribution in [0.4, 0.5) is 5.69 Å². The van der Waals surface area contributed by atoms with E-state index in [0.29, 0.717) is 6.42 Å². The molecule has 0 aliphatic carbocycles. The van der Waals surface area contributed by atoms with Crippen molar-refractivity contribution in [1.29, 1.82) is 0 Å². The average Bonchev–Trinajstić information content (AvgIpc) is 2.39. The molecule has 1 unspecified atom stereocenters. The van der Waals surface area contributed by atoms with Gasteiger partial charge in [-0.1, -0.05) is 42.5 Å². The number of fused-ring (bicyclic) bond motifs is 1. The summed E-state index contributed by atoms with van der Waals surface area (Å²) >= 11 is 0. The highest BCUT2D eigenvalue weighted by Crippen LogP contribution is 2.22. The van der Waals surface area contributed by atoms with Crippen LogP contribution in [0, 0.1) is 0 Å². The van der Waals surface area contributed by atoms with Crippen LogP contribution >= 0.6 is 0 Å². The molecule has 0 aromatic heterocycles. The summed E-state index contributed by atoms with van der Waals surface area (Å²) in [5, 5.41) is 4.96. The van der Waals surface area contributed by atoms with Crippen molar-refractivity contribution in [3.05, 3.63) is 55.1 Å². The van der Waals surface area contributed by atoms with Crippen LogP contribution in [-0.4, -0.2) is 11.9 Å². The van der Waals surface area contributed by atoms with E-state index >= 15 is 0 Å². The standard InChI is InChI=1S/C15H16N2O/c1-2-6-13(16)15(18)17-14-10-5-8-11-7-3-4-9-12(11)14/h2-5,7-10,13H,1,6,16H2,(H,17,18). The lowest BCUT2D eigenvalue weighted by Crippen LogP contribution is -2.35. The Morgan fingerprint density at radius 1 is 1.28 bits per heavy atom. The van der Waals surface area contributed by atoms with Gasteiger partial charge in [0.15, 0.2) is 0 Å². The fourth-order valence-corrected chi connectivity index (χ4v) is 1.85. The number of carbonyl (C=O) groups is 1. The molecule has 18 heavy (non-hydrogen) atoms. The van der Waals surface area contributed by atoms with Gasteiger partial charge >= 0.3 is 0 Å². The van der Waals surface area contributed by atoms with E-state index in [1.165, 1.54) is 0 Å². The molecule has 0 fully saturated rings. The molecule has 0 aliphatic rings. The molecule has 2 aromatic rings. The number of nitrogens with one attached hydrogen (secondary N) is 1. The molecule has 2 aromatic carbocycles. The molecule has 0 radical (unpaired) electrons. The van der Waals surface area contributed by atoms with Crippen molar-refractivity contribution >= 4 is 22.4 Å². The number of benzene rings is 2. The van der Waals surface area contributed by atoms with Crippen LogP contribution in [0.15, 0.2) is 55.1 Å². The SMILES string of the molecule is C=CCC(N)C(=O)Nc1cccc2ccccc12. The highest BCUT2D eigenvalue weighted by Gasteiger charge is 2.12. The fourth-order valence-electron chi connectivity index (χ4n) is 1.85. The summed E-state index contributed by atoms with van der Waals surface area (Å²) in [6, 6.07) is 13.1. The normalized spacial score (nSPS) is 12.1. The predicted octanol–water partition coefficient (Wildman–Crippen LogP) is 2.68. The van der Waals surface area contributed by atoms with Crippen LogP contribution in [0.1, 0.15) is 6.42 Å². The number of amides is 1. The van der Waals surface area contributed by atoms with E-state index in [4.69, 9.17) is 5.73 Å². The first-order valence-corrected chi connectivity index (χ1v) is 5.87. The van der Waals surface area contributed by atoms with Gasteiger partial charge in [-0.25, -0.2) is 0 Å². The third kappa shape index (κ3) is 2.57. The molecule has 0 heterocycles. The predicted molar refractivity (Wildman–Crippen MR) is 75.4 cm³/mol. The quantitative estimate of drug-likeness (QED) is 0.807. The number of nitrogens with two attached hydrogens (primary N) is 1. The van der Waals surface area contributed by atoms with Crippen LogP contribution in [-0.2, 0) is 4.79 Å². The number of hydrogen-bond acceptors (Lipinski definition) is 2. The van der Waals surface area contributed by atoms with E-state index in [0.717, 1.165) is 16.5 Å². The maximum absolute atomic E-state index is 11.9. The summed E-state index contributed by atoms with van der Waals surface area (Å²) in [7, 11) is 0. The van der Waals surface area contributed by atoms with Crippen LogP contribution < -0.4 is 11.1 Å². The summed E-state index contributed by atoms with van der Waals surface area (Å²) in [6.45, 7) is 3.58. The Hall–Kier alpha value is -2.13. The summed E-state index contributed by atoms with van der Waals surface area (Å²) in [5.74, 6) is -0.189. The van der Waals surface area contributed by atoms with E-state index in [1.54, 1.807) is 6.08 Å². The fraction of sp³-hybridized carbons (Fsp3) is 0.133. The number of hydrogen-bond donors (Lipinski definition) is 2. The van der Waals surface area contributed by atoms with Gasteiger partial charge in [-0.2, -0.15) is 0 Å². The highest BCUT2D eigenvalue weighted by molar-refractivity contribution is 6.03. The van der Waals surface area contributed by atoms with E-state index in [9.17, 15) is 4.79 Å². The van der Waals surface area contributed by atoms with Crippen LogP contribution in [0.2, 0.25) is 0 Å². The molecule has 92 valence electrons. The molecule has 0 spiro atoms. The van der Waals surface area contributed by atoms with Gasteiger partial charge in [0, 0.05) is 11.1 Å². The lowest BCUT2D eigenvalue weighted by Gasteiger charge is -2.12. The second-order valence-corrected chi connectivity index (χ2v) is 4.15. The van der Waals surface area contributed by atoms with Gasteiger partial charge in [-0.15, -0.1) is 6.58 Å². The number of carbonyl (C=O) groups excluding carboxylic acids is 1. The molecule has 3 heteroatoms. The van der Waals surface area contributed by atoms with Gasteiger partial charge in [0.25, 0.3) is 0 Å². The molecular weight excluding hydrogens is 224 g/mol. The smallest absolute Gasteiger partial charge is 0.241 e. The second-order valence-electron chi connectivity index (χ2n) is 4.15. The second kappa shape index (κ2) is 5.47. The number of anilines is 1. The van der Waals surface area contributed by atoms with Crippen molar-refractivity contribution in [2.24, 2.45) is 5.73 Å². The minimum absolute atomic E-state index is 0.189. The Bertz CT molecular complexity index is 572. The molecule has 2 rings (SSSR count). The first-order chi connectivity index (χ1) is 8.72. The van der Waals surface area contributed by atoms with E-state index in [1.807, 2.05) is 42.5 Å². The van der Waals surface area contributed by atoms with Gasteiger partial charge in [0.1, 0.15) is 0 Å². The maximum Gasteiger partial charge on any atom is 0.241 e. The molecule has 3 nitrogen and oxygen atoms in total. The third-order valence-electron chi connectivity index (χ3n) is 2.80. The van der Waals surface area contributed by atoms with Crippen molar-refractivity contribution in [2.45, 2.75) is 12.5 Å². The van der Waals surface area contributed by atoms with Gasteiger partial charge in [-0.3, -0.25) is 4.79 Å². The van der Waals surface area contributed by atoms with Gasteiger partial charge in [-0.05, 0) is 17.9 Å². The third-order valence-corrected chi connectivity index (χ3v) is 2.80. The Morgan fingerprint density at radius 2 is 2.00 bits per heavy atom. The molecule has 0 saturated carbocycles. The number of rotatable bonds is 4. The van der Waals surface area contributed by atoms with Crippen molar-refractivity contribution in [3.63, 3.8) is 0 Å². The zero-order valence-electron chi connectivity index (χ0n) is 10.1. The van der Waals surface area contributed by atoms with Gasteiger partial charge in [0.05, 0.1) is 6.04 Å². The first-order valence-electron chi connectivity index (χ1n) is 5.87. The molecule has 1 atom stereocenters. The summed E-state index contributed by atoms with van der Waals surface area (Å²) in [6.07, 6.45) is 2.12. The van der Waals surface area contributed by atoms with Gasteiger partial charge in [0.2, 0.25) is 5.91 Å². The minimum Gasteiger partial charge on any atom is -0.324 e. The molecule has 0 aliphatic heterocycles. The zero-order chi connectivity index (χ0) is 13.0. The van der Waals surface area contributed by atoms with Crippen molar-refractivity contribution in [3.8, 4) is 0 Å². The maximum atomic E-state index is 11.9. The Labute approximate surface area is 106 Å². The van der Waals surface area contributed by atoms with Crippen LogP contribution in [0.3, 0.4) is 0 Å². The van der Waals surface area contributed by atoms with Crippen LogP contribution in [0.5, 0.6) is 0 Å². The monoisotopic (exact) mass is 240 g/mol. The molecular formula is C15H16N2O. The summed E-state index contributed by atoms with van der Waals surface area (Å²) in [5.41, 5.74) is 6.53. The van der Waals surface area contributed by atoms with Crippen molar-refractivity contribution in [1.82, 2.24) is 0 Å². The average molecular weight is 240 g/mol. The summed E-state index contributed by atoms with van der Waals surface area (Å²) < 4.78 is 0.